The molecule has 0 aromatic heterocycles. The Labute approximate surface area is 195 Å². The summed E-state index contributed by atoms with van der Waals surface area (Å²) in [5.41, 5.74) is 2.56. The van der Waals surface area contributed by atoms with E-state index in [1.807, 2.05) is 25.1 Å². The monoisotopic (exact) mass is 461 g/mol. The Morgan fingerprint density at radius 3 is 2.30 bits per heavy atom. The third kappa shape index (κ3) is 6.86. The fraction of sp³-hybridized carbons (Fsp3) is 0.0800. The SMILES string of the molecule is Cc1ccc(NC(=O)COc2ccc(/C=C(\C#N)C(=O)Nc3ccc(O)cc3)cc2Cl)cc1. The number of nitrogens with zero attached hydrogens (tertiary/aromatic N) is 1. The molecule has 0 atom stereocenters. The lowest BCUT2D eigenvalue weighted by Gasteiger charge is -2.10. The number of amides is 2. The lowest BCUT2D eigenvalue weighted by molar-refractivity contribution is -0.118. The summed E-state index contributed by atoms with van der Waals surface area (Å²) < 4.78 is 5.49. The molecule has 2 amide bonds. The normalized spacial score (nSPS) is 10.8. The first-order valence-corrected chi connectivity index (χ1v) is 10.2. The number of benzene rings is 3. The molecule has 0 aliphatic heterocycles. The molecule has 0 fully saturated rings. The molecule has 3 rings (SSSR count). The fourth-order valence-electron chi connectivity index (χ4n) is 2.76. The van der Waals surface area contributed by atoms with E-state index in [0.29, 0.717) is 22.7 Å². The summed E-state index contributed by atoms with van der Waals surface area (Å²) in [6.45, 7) is 1.72. The van der Waals surface area contributed by atoms with Crippen LogP contribution in [0, 0.1) is 18.3 Å². The molecule has 3 aromatic rings. The second-order valence-electron chi connectivity index (χ2n) is 7.06. The molecule has 0 heterocycles. The van der Waals surface area contributed by atoms with Crippen molar-refractivity contribution < 1.29 is 19.4 Å². The van der Waals surface area contributed by atoms with Crippen LogP contribution in [-0.2, 0) is 9.59 Å². The number of anilines is 2. The number of phenols is 1. The molecular formula is C25H20ClN3O4. The van der Waals surface area contributed by atoms with Gasteiger partial charge < -0.3 is 20.5 Å². The predicted octanol–water partition coefficient (Wildman–Crippen LogP) is 4.92. The number of carbonyl (C=O) groups excluding carboxylic acids is 2. The van der Waals surface area contributed by atoms with Gasteiger partial charge in [0, 0.05) is 11.4 Å². The summed E-state index contributed by atoms with van der Waals surface area (Å²) in [6, 6.07) is 19.8. The number of nitrogens with one attached hydrogen (secondary N) is 2. The summed E-state index contributed by atoms with van der Waals surface area (Å²) in [7, 11) is 0. The molecular weight excluding hydrogens is 442 g/mol. The van der Waals surface area contributed by atoms with Crippen molar-refractivity contribution in [3.63, 3.8) is 0 Å². The van der Waals surface area contributed by atoms with Crippen molar-refractivity contribution in [1.29, 1.82) is 5.26 Å². The number of ether oxygens (including phenoxy) is 1. The zero-order chi connectivity index (χ0) is 23.8. The van der Waals surface area contributed by atoms with E-state index in [1.54, 1.807) is 24.3 Å². The smallest absolute Gasteiger partial charge is 0.266 e. The van der Waals surface area contributed by atoms with Gasteiger partial charge in [-0.05, 0) is 67.1 Å². The van der Waals surface area contributed by atoms with Gasteiger partial charge in [0.25, 0.3) is 11.8 Å². The van der Waals surface area contributed by atoms with Crippen LogP contribution in [0.3, 0.4) is 0 Å². The number of hydrogen-bond acceptors (Lipinski definition) is 5. The van der Waals surface area contributed by atoms with E-state index in [2.05, 4.69) is 10.6 Å². The van der Waals surface area contributed by atoms with Crippen LogP contribution in [0.2, 0.25) is 5.02 Å². The maximum Gasteiger partial charge on any atom is 0.266 e. The van der Waals surface area contributed by atoms with Crippen LogP contribution in [0.25, 0.3) is 6.08 Å². The maximum absolute atomic E-state index is 12.4. The fourth-order valence-corrected chi connectivity index (χ4v) is 3.00. The number of nitriles is 1. The summed E-state index contributed by atoms with van der Waals surface area (Å²) >= 11 is 6.25. The van der Waals surface area contributed by atoms with Crippen LogP contribution in [0.15, 0.2) is 72.3 Å². The zero-order valence-corrected chi connectivity index (χ0v) is 18.4. The Balaban J connectivity index is 1.62. The molecule has 0 saturated carbocycles. The molecule has 0 radical (unpaired) electrons. The second kappa shape index (κ2) is 10.8. The van der Waals surface area contributed by atoms with Crippen molar-refractivity contribution in [2.24, 2.45) is 0 Å². The molecule has 0 spiro atoms. The lowest BCUT2D eigenvalue weighted by Crippen LogP contribution is -2.20. The summed E-state index contributed by atoms with van der Waals surface area (Å²) in [4.78, 5) is 24.5. The topological polar surface area (TPSA) is 111 Å². The van der Waals surface area contributed by atoms with Crippen molar-refractivity contribution >= 4 is 40.9 Å². The predicted molar refractivity (Wildman–Crippen MR) is 127 cm³/mol. The van der Waals surface area contributed by atoms with Gasteiger partial charge in [0.05, 0.1) is 5.02 Å². The molecule has 166 valence electrons. The highest BCUT2D eigenvalue weighted by Gasteiger charge is 2.11. The minimum absolute atomic E-state index is 0.0635. The van der Waals surface area contributed by atoms with Crippen LogP contribution < -0.4 is 15.4 Å². The van der Waals surface area contributed by atoms with Gasteiger partial charge in [-0.2, -0.15) is 5.26 Å². The summed E-state index contributed by atoms with van der Waals surface area (Å²) in [5.74, 6) is -0.586. The molecule has 33 heavy (non-hydrogen) atoms. The van der Waals surface area contributed by atoms with Gasteiger partial charge in [-0.3, -0.25) is 9.59 Å². The molecule has 8 heteroatoms. The van der Waals surface area contributed by atoms with Crippen LogP contribution in [0.5, 0.6) is 11.5 Å². The minimum Gasteiger partial charge on any atom is -0.508 e. The first kappa shape index (κ1) is 23.4. The zero-order valence-electron chi connectivity index (χ0n) is 17.6. The molecule has 0 saturated heterocycles. The van der Waals surface area contributed by atoms with E-state index in [9.17, 15) is 20.0 Å². The molecule has 3 N–H and O–H groups in total. The average molecular weight is 462 g/mol. The van der Waals surface area contributed by atoms with Gasteiger partial charge in [-0.1, -0.05) is 35.4 Å². The largest absolute Gasteiger partial charge is 0.508 e. The maximum atomic E-state index is 12.4. The molecule has 0 aliphatic carbocycles. The Bertz CT molecular complexity index is 1230. The van der Waals surface area contributed by atoms with Crippen LogP contribution in [0.1, 0.15) is 11.1 Å². The molecule has 7 nitrogen and oxygen atoms in total. The Morgan fingerprint density at radius 1 is 1.03 bits per heavy atom. The highest BCUT2D eigenvalue weighted by atomic mass is 35.5. The Kier molecular flexibility index (Phi) is 7.68. The highest BCUT2D eigenvalue weighted by Crippen LogP contribution is 2.27. The van der Waals surface area contributed by atoms with Crippen LogP contribution >= 0.6 is 11.6 Å². The number of rotatable bonds is 7. The number of phenolic OH excluding ortho intramolecular Hbond substituents is 1. The lowest BCUT2D eigenvalue weighted by atomic mass is 10.1. The van der Waals surface area contributed by atoms with Crippen molar-refractivity contribution in [2.45, 2.75) is 6.92 Å². The first-order chi connectivity index (χ1) is 15.8. The highest BCUT2D eigenvalue weighted by molar-refractivity contribution is 6.32. The van der Waals surface area contributed by atoms with Gasteiger partial charge in [0.2, 0.25) is 0 Å². The standard InChI is InChI=1S/C25H20ClN3O4/c1-16-2-5-19(6-3-16)28-24(31)15-33-23-11-4-17(13-22(23)26)12-18(14-27)25(32)29-20-7-9-21(30)10-8-20/h2-13,30H,15H2,1H3,(H,28,31)(H,29,32)/b18-12+. The molecule has 3 aromatic carbocycles. The van der Waals surface area contributed by atoms with E-state index in [0.717, 1.165) is 5.56 Å². The van der Waals surface area contributed by atoms with E-state index >= 15 is 0 Å². The van der Waals surface area contributed by atoms with E-state index < -0.39 is 5.91 Å². The second-order valence-corrected chi connectivity index (χ2v) is 7.47. The number of aryl methyl sites for hydroxylation is 1. The first-order valence-electron chi connectivity index (χ1n) is 9.85. The van der Waals surface area contributed by atoms with E-state index in [-0.39, 0.29) is 28.9 Å². The van der Waals surface area contributed by atoms with Crippen molar-refractivity contribution in [1.82, 2.24) is 0 Å². The molecule has 0 bridgehead atoms. The molecule has 0 aliphatic rings. The number of carbonyl (C=O) groups is 2. The third-order valence-corrected chi connectivity index (χ3v) is 4.75. The van der Waals surface area contributed by atoms with E-state index in [4.69, 9.17) is 16.3 Å². The van der Waals surface area contributed by atoms with Crippen molar-refractivity contribution in [2.75, 3.05) is 17.2 Å². The van der Waals surface area contributed by atoms with Gasteiger partial charge in [-0.25, -0.2) is 0 Å². The average Bonchev–Trinajstić information content (AvgIpc) is 2.80. The van der Waals surface area contributed by atoms with Gasteiger partial charge in [-0.15, -0.1) is 0 Å². The van der Waals surface area contributed by atoms with Gasteiger partial charge in [0.1, 0.15) is 23.1 Å². The van der Waals surface area contributed by atoms with Crippen molar-refractivity contribution in [3.05, 3.63) is 88.5 Å². The summed E-state index contributed by atoms with van der Waals surface area (Å²) in [5, 5.41) is 24.2. The minimum atomic E-state index is -0.604. The van der Waals surface area contributed by atoms with Crippen LogP contribution in [0.4, 0.5) is 11.4 Å². The number of halogens is 1. The van der Waals surface area contributed by atoms with Gasteiger partial charge in [0.15, 0.2) is 6.61 Å². The quantitative estimate of drug-likeness (QED) is 0.263. The van der Waals surface area contributed by atoms with Crippen LogP contribution in [-0.4, -0.2) is 23.5 Å². The number of aromatic hydroxyl groups is 1. The summed E-state index contributed by atoms with van der Waals surface area (Å²) in [6.07, 6.45) is 1.38. The molecule has 0 unspecified atom stereocenters. The Hall–Kier alpha value is -4.28. The van der Waals surface area contributed by atoms with Gasteiger partial charge >= 0.3 is 0 Å². The third-order valence-electron chi connectivity index (χ3n) is 4.45. The Morgan fingerprint density at radius 2 is 1.67 bits per heavy atom. The number of hydrogen-bond donors (Lipinski definition) is 3. The van der Waals surface area contributed by atoms with Crippen molar-refractivity contribution in [3.8, 4) is 17.6 Å². The van der Waals surface area contributed by atoms with E-state index in [1.165, 1.54) is 36.4 Å².